The van der Waals surface area contributed by atoms with Crippen LogP contribution in [0.5, 0.6) is 0 Å². The van der Waals surface area contributed by atoms with Crippen molar-refractivity contribution < 1.29 is 0 Å². The van der Waals surface area contributed by atoms with Crippen LogP contribution in [0.15, 0.2) is 12.7 Å². The van der Waals surface area contributed by atoms with Crippen molar-refractivity contribution in [3.63, 3.8) is 0 Å². The molecule has 0 radical (unpaired) electrons. The third-order valence-electron chi connectivity index (χ3n) is 8.80. The van der Waals surface area contributed by atoms with Crippen LogP contribution in [-0.2, 0) is 0 Å². The van der Waals surface area contributed by atoms with Gasteiger partial charge in [-0.3, -0.25) is 0 Å². The fourth-order valence-corrected chi connectivity index (χ4v) is 6.13. The van der Waals surface area contributed by atoms with Crippen molar-refractivity contribution in [3.05, 3.63) is 12.7 Å². The molecule has 2 nitrogen and oxygen atoms in total. The van der Waals surface area contributed by atoms with Gasteiger partial charge in [-0.1, -0.05) is 161 Å². The molecule has 0 bridgehead atoms. The first-order valence-electron chi connectivity index (χ1n) is 18.3. The molecule has 2 heteroatoms. The third-order valence-corrected chi connectivity index (χ3v) is 8.80. The van der Waals surface area contributed by atoms with Crippen LogP contribution >= 0.6 is 0 Å². The van der Waals surface area contributed by atoms with E-state index < -0.39 is 0 Å². The predicted molar refractivity (Wildman–Crippen MR) is 180 cm³/mol. The Morgan fingerprint density at radius 3 is 1.33 bits per heavy atom. The Balaban J connectivity index is 4.09. The lowest BCUT2D eigenvalue weighted by Crippen LogP contribution is -2.29. The zero-order valence-electron chi connectivity index (χ0n) is 27.7. The molecule has 0 aromatic heterocycles. The summed E-state index contributed by atoms with van der Waals surface area (Å²) in [6, 6.07) is 0. The van der Waals surface area contributed by atoms with Gasteiger partial charge < -0.3 is 10.2 Å². The van der Waals surface area contributed by atoms with Gasteiger partial charge in [0, 0.05) is 0 Å². The van der Waals surface area contributed by atoms with E-state index in [-0.39, 0.29) is 0 Å². The number of hydrogen-bond acceptors (Lipinski definition) is 2. The summed E-state index contributed by atoms with van der Waals surface area (Å²) in [5, 5.41) is 3.33. The molecule has 0 aromatic carbocycles. The molecule has 0 saturated heterocycles. The largest absolute Gasteiger partial charge is 0.320 e. The Morgan fingerprint density at radius 1 is 0.513 bits per heavy atom. The summed E-state index contributed by atoms with van der Waals surface area (Å²) < 4.78 is 0. The van der Waals surface area contributed by atoms with E-state index in [0.29, 0.717) is 0 Å². The smallest absolute Gasteiger partial charge is 0.000664 e. The zero-order chi connectivity index (χ0) is 28.5. The molecule has 0 saturated carbocycles. The lowest BCUT2D eigenvalue weighted by molar-refractivity contribution is 0.256. The van der Waals surface area contributed by atoms with Crippen LogP contribution in [0.1, 0.15) is 187 Å². The Hall–Kier alpha value is -0.340. The Kier molecular flexibility index (Phi) is 33.6. The van der Waals surface area contributed by atoms with Gasteiger partial charge in [0.25, 0.3) is 0 Å². The van der Waals surface area contributed by atoms with E-state index in [1.54, 1.807) is 0 Å². The molecule has 0 heterocycles. The molecule has 1 N–H and O–H groups in total. The summed E-state index contributed by atoms with van der Waals surface area (Å²) in [6.45, 7) is 13.5. The van der Waals surface area contributed by atoms with Crippen LogP contribution in [0.3, 0.4) is 0 Å². The maximum atomic E-state index is 3.84. The summed E-state index contributed by atoms with van der Waals surface area (Å²) in [7, 11) is 2.08. The van der Waals surface area contributed by atoms with Gasteiger partial charge >= 0.3 is 0 Å². The number of rotatable bonds is 34. The van der Waals surface area contributed by atoms with Crippen molar-refractivity contribution in [1.82, 2.24) is 10.2 Å². The summed E-state index contributed by atoms with van der Waals surface area (Å²) in [5.41, 5.74) is 0. The number of unbranched alkanes of at least 4 members (excludes halogenated alkanes) is 19. The summed E-state index contributed by atoms with van der Waals surface area (Å²) >= 11 is 0. The fraction of sp³-hybridized carbons (Fsp3) is 0.946. The molecule has 0 unspecified atom stereocenters. The fourth-order valence-electron chi connectivity index (χ4n) is 6.13. The predicted octanol–water partition coefficient (Wildman–Crippen LogP) is 11.9. The zero-order valence-corrected chi connectivity index (χ0v) is 27.7. The van der Waals surface area contributed by atoms with Crippen molar-refractivity contribution >= 4 is 0 Å². The molecular formula is C37H76N2. The highest BCUT2D eigenvalue weighted by Gasteiger charge is 2.09. The number of allylic oxidation sites excluding steroid dienone is 1. The second-order valence-corrected chi connectivity index (χ2v) is 12.7. The highest BCUT2D eigenvalue weighted by Crippen LogP contribution is 2.24. The molecule has 0 rings (SSSR count). The van der Waals surface area contributed by atoms with Crippen LogP contribution in [0, 0.1) is 5.92 Å². The van der Waals surface area contributed by atoms with Crippen LogP contribution in [0.4, 0.5) is 0 Å². The van der Waals surface area contributed by atoms with E-state index >= 15 is 0 Å². The van der Waals surface area contributed by atoms with Gasteiger partial charge in [-0.05, 0) is 71.2 Å². The van der Waals surface area contributed by atoms with Gasteiger partial charge in [0.2, 0.25) is 0 Å². The maximum absolute atomic E-state index is 3.84. The summed E-state index contributed by atoms with van der Waals surface area (Å²) in [5.74, 6) is 1.02. The first-order valence-corrected chi connectivity index (χ1v) is 18.3. The second-order valence-electron chi connectivity index (χ2n) is 12.7. The molecule has 0 aliphatic heterocycles. The normalized spacial score (nSPS) is 11.7. The van der Waals surface area contributed by atoms with E-state index in [9.17, 15) is 0 Å². The highest BCUT2D eigenvalue weighted by atomic mass is 15.1. The van der Waals surface area contributed by atoms with Crippen LogP contribution in [0.25, 0.3) is 0 Å². The minimum absolute atomic E-state index is 1.02. The summed E-state index contributed by atoms with van der Waals surface area (Å²) in [4.78, 5) is 2.76. The Morgan fingerprint density at radius 2 is 0.897 bits per heavy atom. The minimum atomic E-state index is 1.02. The monoisotopic (exact) mass is 549 g/mol. The van der Waals surface area contributed by atoms with Crippen LogP contribution < -0.4 is 5.32 Å². The lowest BCUT2D eigenvalue weighted by Gasteiger charge is -2.22. The van der Waals surface area contributed by atoms with E-state index in [2.05, 4.69) is 43.8 Å². The van der Waals surface area contributed by atoms with Gasteiger partial charge in [-0.15, -0.1) is 6.58 Å². The van der Waals surface area contributed by atoms with E-state index in [1.165, 1.54) is 193 Å². The van der Waals surface area contributed by atoms with E-state index in [4.69, 9.17) is 0 Å². The molecule has 0 fully saturated rings. The van der Waals surface area contributed by atoms with Crippen molar-refractivity contribution in [3.8, 4) is 0 Å². The molecule has 0 aromatic rings. The number of nitrogens with one attached hydrogen (secondary N) is 1. The topological polar surface area (TPSA) is 15.3 Å². The van der Waals surface area contributed by atoms with Gasteiger partial charge in [0.15, 0.2) is 0 Å². The standard InChI is InChI=1S/C37H76N2/c1-5-8-11-14-17-22-27-34-39(36-29-33-38-4)35-28-23-18-21-26-32-37(30-24-19-15-12-9-6-2)31-25-20-16-13-10-7-3/h5,37-38H,1,6-36H2,2-4H3. The molecular weight excluding hydrogens is 472 g/mol. The maximum Gasteiger partial charge on any atom is -0.000664 e. The van der Waals surface area contributed by atoms with Crippen LogP contribution in [0.2, 0.25) is 0 Å². The minimum Gasteiger partial charge on any atom is -0.320 e. The average molecular weight is 549 g/mol. The average Bonchev–Trinajstić information content (AvgIpc) is 2.94. The number of hydrogen-bond donors (Lipinski definition) is 1. The van der Waals surface area contributed by atoms with Crippen molar-refractivity contribution in [2.24, 2.45) is 5.92 Å². The number of nitrogens with zero attached hydrogens (tertiary/aromatic N) is 1. The molecule has 0 spiro atoms. The van der Waals surface area contributed by atoms with Crippen LogP contribution in [-0.4, -0.2) is 38.1 Å². The molecule has 0 aliphatic carbocycles. The van der Waals surface area contributed by atoms with Gasteiger partial charge in [0.05, 0.1) is 0 Å². The summed E-state index contributed by atoms with van der Waals surface area (Å²) in [6.07, 6.45) is 40.6. The third kappa shape index (κ3) is 30.4. The highest BCUT2D eigenvalue weighted by molar-refractivity contribution is 4.66. The van der Waals surface area contributed by atoms with Crippen molar-refractivity contribution in [1.29, 1.82) is 0 Å². The van der Waals surface area contributed by atoms with Gasteiger partial charge in [0.1, 0.15) is 0 Å². The molecule has 234 valence electrons. The molecule has 0 amide bonds. The van der Waals surface area contributed by atoms with E-state index in [0.717, 1.165) is 12.5 Å². The molecule has 39 heavy (non-hydrogen) atoms. The second kappa shape index (κ2) is 33.9. The van der Waals surface area contributed by atoms with Gasteiger partial charge in [-0.25, -0.2) is 0 Å². The van der Waals surface area contributed by atoms with E-state index in [1.807, 2.05) is 0 Å². The Bertz CT molecular complexity index is 433. The Labute approximate surface area is 248 Å². The quantitative estimate of drug-likeness (QED) is 0.0635. The van der Waals surface area contributed by atoms with Crippen molar-refractivity contribution in [2.75, 3.05) is 33.2 Å². The SMILES string of the molecule is C=CCCCCCCCN(CCCCCCCC(CCCCCCCC)CCCCCCCC)CCCNC. The first-order chi connectivity index (χ1) is 19.3. The molecule has 0 aliphatic rings. The molecule has 0 atom stereocenters. The first kappa shape index (κ1) is 38.7. The van der Waals surface area contributed by atoms with Gasteiger partial charge in [-0.2, -0.15) is 0 Å². The lowest BCUT2D eigenvalue weighted by atomic mass is 9.89. The van der Waals surface area contributed by atoms with Crippen molar-refractivity contribution in [2.45, 2.75) is 187 Å².